The molecule has 4 heteroatoms. The van der Waals surface area contributed by atoms with Gasteiger partial charge >= 0.3 is 0 Å². The zero-order valence-corrected chi connectivity index (χ0v) is 27.9. The van der Waals surface area contributed by atoms with Crippen molar-refractivity contribution in [2.75, 3.05) is 0 Å². The summed E-state index contributed by atoms with van der Waals surface area (Å²) in [5.74, 6) is 0.745. The molecule has 0 fully saturated rings. The molecule has 0 unspecified atom stereocenters. The van der Waals surface area contributed by atoms with Crippen LogP contribution >= 0.6 is 0 Å². The van der Waals surface area contributed by atoms with Gasteiger partial charge < -0.3 is 18.0 Å². The fraction of sp³-hybridized carbons (Fsp3) is 0. The molecule has 1 aliphatic rings. The van der Waals surface area contributed by atoms with Gasteiger partial charge in [-0.25, -0.2) is 0 Å². The fourth-order valence-corrected chi connectivity index (χ4v) is 7.78. The van der Waals surface area contributed by atoms with Crippen LogP contribution in [0.1, 0.15) is 11.1 Å². The zero-order chi connectivity index (χ0) is 34.3. The van der Waals surface area contributed by atoms with Gasteiger partial charge in [-0.1, -0.05) is 85.4 Å². The minimum absolute atomic E-state index is 0.745. The first-order valence-corrected chi connectivity index (χ1v) is 17.3. The quantitative estimate of drug-likeness (QED) is 0.188. The van der Waals surface area contributed by atoms with Gasteiger partial charge in [0.1, 0.15) is 39.2 Å². The summed E-state index contributed by atoms with van der Waals surface area (Å²) < 4.78 is 25.2. The second-order valence-corrected chi connectivity index (χ2v) is 13.4. The first-order valence-electron chi connectivity index (χ1n) is 17.3. The van der Waals surface area contributed by atoms with Crippen LogP contribution < -0.4 is 4.74 Å². The Morgan fingerprint density at radius 3 is 1.77 bits per heavy atom. The Kier molecular flexibility index (Phi) is 6.07. The van der Waals surface area contributed by atoms with Crippen LogP contribution in [0.4, 0.5) is 0 Å². The van der Waals surface area contributed by atoms with Crippen molar-refractivity contribution in [1.82, 2.24) is 0 Å². The molecule has 10 aromatic rings. The molecule has 0 aliphatic carbocycles. The average Bonchev–Trinajstić information content (AvgIpc) is 3.87. The molecule has 0 saturated heterocycles. The molecule has 0 N–H and O–H groups in total. The Morgan fingerprint density at radius 2 is 0.981 bits per heavy atom. The lowest BCUT2D eigenvalue weighted by molar-refractivity contribution is 0.480. The molecule has 0 radical (unpaired) electrons. The van der Waals surface area contributed by atoms with E-state index >= 15 is 0 Å². The summed E-state index contributed by atoms with van der Waals surface area (Å²) in [4.78, 5) is 0. The molecule has 0 atom stereocenters. The molecular formula is C48H28O4. The molecule has 0 spiro atoms. The van der Waals surface area contributed by atoms with E-state index in [-0.39, 0.29) is 0 Å². The second-order valence-electron chi connectivity index (χ2n) is 13.4. The summed E-state index contributed by atoms with van der Waals surface area (Å²) in [6, 6.07) is 48.1. The topological polar surface area (TPSA) is 48.7 Å². The smallest absolute Gasteiger partial charge is 0.136 e. The van der Waals surface area contributed by atoms with E-state index in [4.69, 9.17) is 18.0 Å². The van der Waals surface area contributed by atoms with Crippen molar-refractivity contribution in [1.29, 1.82) is 0 Å². The van der Waals surface area contributed by atoms with E-state index in [0.717, 1.165) is 116 Å². The lowest BCUT2D eigenvalue weighted by Gasteiger charge is -2.13. The van der Waals surface area contributed by atoms with Gasteiger partial charge in [-0.05, 0) is 112 Å². The van der Waals surface area contributed by atoms with E-state index in [1.807, 2.05) is 54.6 Å². The minimum atomic E-state index is 0.745. The van der Waals surface area contributed by atoms with Gasteiger partial charge in [0.15, 0.2) is 0 Å². The van der Waals surface area contributed by atoms with Crippen molar-refractivity contribution in [3.63, 3.8) is 0 Å². The number of hydrogen-bond acceptors (Lipinski definition) is 4. The number of furan rings is 3. The lowest BCUT2D eigenvalue weighted by Crippen LogP contribution is -1.94. The number of hydrogen-bond donors (Lipinski definition) is 0. The fourth-order valence-electron chi connectivity index (χ4n) is 7.78. The molecule has 0 bridgehead atoms. The Balaban J connectivity index is 0.992. The average molecular weight is 669 g/mol. The van der Waals surface area contributed by atoms with Crippen LogP contribution in [-0.2, 0) is 0 Å². The second kappa shape index (κ2) is 11.0. The van der Waals surface area contributed by atoms with Gasteiger partial charge in [0, 0.05) is 37.9 Å². The molecule has 0 saturated carbocycles. The molecule has 7 aromatic carbocycles. The van der Waals surface area contributed by atoms with Crippen LogP contribution in [0.3, 0.4) is 0 Å². The van der Waals surface area contributed by atoms with Crippen LogP contribution in [-0.4, -0.2) is 0 Å². The maximum atomic E-state index is 6.40. The van der Waals surface area contributed by atoms with Gasteiger partial charge in [0.2, 0.25) is 0 Å². The first kappa shape index (κ1) is 28.8. The van der Waals surface area contributed by atoms with Gasteiger partial charge in [0.25, 0.3) is 0 Å². The molecule has 4 heterocycles. The van der Waals surface area contributed by atoms with Crippen LogP contribution in [0.2, 0.25) is 0 Å². The molecule has 0 amide bonds. The third-order valence-electron chi connectivity index (χ3n) is 10.3. The van der Waals surface area contributed by atoms with Crippen molar-refractivity contribution >= 4 is 77.0 Å². The zero-order valence-electron chi connectivity index (χ0n) is 27.9. The van der Waals surface area contributed by atoms with E-state index in [1.54, 1.807) is 6.26 Å². The van der Waals surface area contributed by atoms with Crippen LogP contribution in [0.25, 0.3) is 99.2 Å². The van der Waals surface area contributed by atoms with Crippen molar-refractivity contribution in [2.45, 2.75) is 0 Å². The van der Waals surface area contributed by atoms with Gasteiger partial charge in [-0.3, -0.25) is 0 Å². The molecule has 4 nitrogen and oxygen atoms in total. The highest BCUT2D eigenvalue weighted by atomic mass is 16.5. The summed E-state index contributed by atoms with van der Waals surface area (Å²) >= 11 is 0. The minimum Gasteiger partial charge on any atom is -0.464 e. The summed E-state index contributed by atoms with van der Waals surface area (Å²) in [6.45, 7) is 4.39. The van der Waals surface area contributed by atoms with Crippen LogP contribution in [0, 0.1) is 0 Å². The number of para-hydroxylation sites is 1. The molecule has 3 aromatic heterocycles. The Bertz CT molecular complexity index is 3160. The number of ether oxygens (including phenoxy) is 1. The van der Waals surface area contributed by atoms with Gasteiger partial charge in [0.05, 0.1) is 6.26 Å². The number of rotatable bonds is 3. The Morgan fingerprint density at radius 1 is 0.404 bits per heavy atom. The third-order valence-corrected chi connectivity index (χ3v) is 10.3. The Labute approximate surface area is 297 Å². The maximum absolute atomic E-state index is 6.40. The SMILES string of the molecule is C=C1/C=C(c2ccccc2)\C=C/Oc2cc3c(cc21)oc1ccc(-c2cccc(-c4ccc5oc6ccc7oc8ccccc8c7c6c5c4)c2)cc13. The van der Waals surface area contributed by atoms with E-state index in [9.17, 15) is 0 Å². The van der Waals surface area contributed by atoms with E-state index in [0.29, 0.717) is 0 Å². The van der Waals surface area contributed by atoms with Crippen molar-refractivity contribution in [3.05, 3.63) is 176 Å². The molecule has 11 rings (SSSR count). The lowest BCUT2D eigenvalue weighted by atomic mass is 9.96. The summed E-state index contributed by atoms with van der Waals surface area (Å²) in [5, 5.41) is 6.36. The Hall–Kier alpha value is -7.04. The molecule has 244 valence electrons. The van der Waals surface area contributed by atoms with Crippen molar-refractivity contribution in [3.8, 4) is 28.0 Å². The highest BCUT2D eigenvalue weighted by Crippen LogP contribution is 2.43. The van der Waals surface area contributed by atoms with E-state index in [1.165, 1.54) is 0 Å². The van der Waals surface area contributed by atoms with Gasteiger partial charge in [-0.15, -0.1) is 0 Å². The third kappa shape index (κ3) is 4.41. The number of fused-ring (bicyclic) bond motifs is 11. The predicted octanol–water partition coefficient (Wildman–Crippen LogP) is 13.7. The molecule has 1 aliphatic heterocycles. The monoisotopic (exact) mass is 668 g/mol. The van der Waals surface area contributed by atoms with Crippen LogP contribution in [0.15, 0.2) is 178 Å². The maximum Gasteiger partial charge on any atom is 0.136 e. The normalized spacial score (nSPS) is 14.8. The van der Waals surface area contributed by atoms with Crippen molar-refractivity contribution < 1.29 is 18.0 Å². The first-order chi connectivity index (χ1) is 25.6. The summed E-state index contributed by atoms with van der Waals surface area (Å²) in [6.07, 6.45) is 5.83. The standard InChI is InChI=1S/C48H28O4/c1-28-22-34(29-8-3-2-4-9-29)20-21-49-45-27-38-37-24-32(14-16-41(37)52-46(38)26-36(28)45)30-10-7-11-31(23-30)33-15-17-42-39(25-33)48-44(51-42)19-18-43-47(48)35-12-5-6-13-40(35)50-43/h2-27H,1H2/b21-20-,34-22+. The molecule has 52 heavy (non-hydrogen) atoms. The molecular weight excluding hydrogens is 641 g/mol. The highest BCUT2D eigenvalue weighted by molar-refractivity contribution is 6.26. The van der Waals surface area contributed by atoms with Crippen LogP contribution in [0.5, 0.6) is 5.75 Å². The predicted molar refractivity (Wildman–Crippen MR) is 212 cm³/mol. The van der Waals surface area contributed by atoms with E-state index in [2.05, 4.69) is 104 Å². The highest BCUT2D eigenvalue weighted by Gasteiger charge is 2.19. The largest absolute Gasteiger partial charge is 0.464 e. The van der Waals surface area contributed by atoms with E-state index < -0.39 is 0 Å². The van der Waals surface area contributed by atoms with Crippen molar-refractivity contribution in [2.24, 2.45) is 0 Å². The summed E-state index contributed by atoms with van der Waals surface area (Å²) in [5.41, 5.74) is 13.4. The number of benzene rings is 7. The van der Waals surface area contributed by atoms with Gasteiger partial charge in [-0.2, -0.15) is 0 Å². The number of allylic oxidation sites excluding steroid dienone is 4. The summed E-state index contributed by atoms with van der Waals surface area (Å²) in [7, 11) is 0.